The Morgan fingerprint density at radius 2 is 1.90 bits per heavy atom. The van der Waals surface area contributed by atoms with Gasteiger partial charge in [0.25, 0.3) is 5.69 Å². The SMILES string of the molecule is O=[N+]([O-])c1cc2ccccc2nc1-c1ccc(F)cc1Br. The summed E-state index contributed by atoms with van der Waals surface area (Å²) in [5, 5.41) is 12.0. The lowest BCUT2D eigenvalue weighted by Crippen LogP contribution is -1.96. The molecule has 6 heteroatoms. The van der Waals surface area contributed by atoms with E-state index in [9.17, 15) is 14.5 Å². The van der Waals surface area contributed by atoms with Crippen LogP contribution in [0, 0.1) is 15.9 Å². The van der Waals surface area contributed by atoms with Crippen molar-refractivity contribution in [2.24, 2.45) is 0 Å². The summed E-state index contributed by atoms with van der Waals surface area (Å²) in [6.45, 7) is 0. The second kappa shape index (κ2) is 5.21. The average Bonchev–Trinajstić information content (AvgIpc) is 2.46. The van der Waals surface area contributed by atoms with Gasteiger partial charge in [0.2, 0.25) is 0 Å². The van der Waals surface area contributed by atoms with Crippen molar-refractivity contribution in [3.8, 4) is 11.3 Å². The molecule has 1 aromatic heterocycles. The Morgan fingerprint density at radius 3 is 2.62 bits per heavy atom. The van der Waals surface area contributed by atoms with E-state index < -0.39 is 10.7 Å². The molecule has 0 unspecified atom stereocenters. The van der Waals surface area contributed by atoms with Gasteiger partial charge in [-0.15, -0.1) is 0 Å². The number of hydrogen-bond donors (Lipinski definition) is 0. The maximum Gasteiger partial charge on any atom is 0.296 e. The van der Waals surface area contributed by atoms with Crippen molar-refractivity contribution >= 4 is 32.5 Å². The summed E-state index contributed by atoms with van der Waals surface area (Å²) in [4.78, 5) is 15.2. The molecule has 4 nitrogen and oxygen atoms in total. The lowest BCUT2D eigenvalue weighted by molar-refractivity contribution is -0.384. The average molecular weight is 347 g/mol. The van der Waals surface area contributed by atoms with Crippen LogP contribution >= 0.6 is 15.9 Å². The molecule has 0 bridgehead atoms. The first-order valence-corrected chi connectivity index (χ1v) is 6.85. The lowest BCUT2D eigenvalue weighted by atomic mass is 10.1. The summed E-state index contributed by atoms with van der Waals surface area (Å²) in [6, 6.07) is 12.6. The highest BCUT2D eigenvalue weighted by molar-refractivity contribution is 9.10. The number of nitro groups is 1. The van der Waals surface area contributed by atoms with Crippen molar-refractivity contribution in [1.82, 2.24) is 4.98 Å². The summed E-state index contributed by atoms with van der Waals surface area (Å²) < 4.78 is 13.6. The zero-order valence-electron chi connectivity index (χ0n) is 10.6. The lowest BCUT2D eigenvalue weighted by Gasteiger charge is -2.07. The summed E-state index contributed by atoms with van der Waals surface area (Å²) in [5.41, 5.74) is 1.23. The molecule has 0 aliphatic rings. The number of aromatic nitrogens is 1. The Hall–Kier alpha value is -2.34. The van der Waals surface area contributed by atoms with Gasteiger partial charge in [-0.2, -0.15) is 0 Å². The molecule has 1 heterocycles. The highest BCUT2D eigenvalue weighted by atomic mass is 79.9. The van der Waals surface area contributed by atoms with E-state index in [0.717, 1.165) is 0 Å². The minimum absolute atomic E-state index is 0.110. The topological polar surface area (TPSA) is 56.0 Å². The maximum atomic E-state index is 13.2. The van der Waals surface area contributed by atoms with Gasteiger partial charge in [0, 0.05) is 21.5 Å². The highest BCUT2D eigenvalue weighted by Gasteiger charge is 2.20. The fourth-order valence-corrected chi connectivity index (χ4v) is 2.66. The van der Waals surface area contributed by atoms with Crippen LogP contribution in [0.25, 0.3) is 22.2 Å². The van der Waals surface area contributed by atoms with Crippen LogP contribution in [-0.4, -0.2) is 9.91 Å². The van der Waals surface area contributed by atoms with Gasteiger partial charge in [0.1, 0.15) is 11.5 Å². The summed E-state index contributed by atoms with van der Waals surface area (Å²) in [5.74, 6) is -0.422. The number of halogens is 2. The standard InChI is InChI=1S/C15H8BrFN2O2/c16-12-8-10(17)5-6-11(12)15-14(19(20)21)7-9-3-1-2-4-13(9)18-15/h1-8H. The zero-order valence-corrected chi connectivity index (χ0v) is 12.2. The summed E-state index contributed by atoms with van der Waals surface area (Å²) in [7, 11) is 0. The summed E-state index contributed by atoms with van der Waals surface area (Å²) >= 11 is 3.23. The maximum absolute atomic E-state index is 13.2. The number of hydrogen-bond acceptors (Lipinski definition) is 3. The first-order chi connectivity index (χ1) is 10.1. The Balaban J connectivity index is 2.34. The van der Waals surface area contributed by atoms with Crippen LogP contribution < -0.4 is 0 Å². The van der Waals surface area contributed by atoms with Gasteiger partial charge in [-0.05, 0) is 40.2 Å². The molecule has 3 rings (SSSR count). The van der Waals surface area contributed by atoms with E-state index in [4.69, 9.17) is 0 Å². The minimum Gasteiger partial charge on any atom is -0.258 e. The molecule has 0 spiro atoms. The van der Waals surface area contributed by atoms with Gasteiger partial charge in [-0.3, -0.25) is 10.1 Å². The van der Waals surface area contributed by atoms with Crippen LogP contribution in [0.5, 0.6) is 0 Å². The third-order valence-corrected chi connectivity index (χ3v) is 3.74. The molecule has 2 aromatic carbocycles. The Morgan fingerprint density at radius 1 is 1.14 bits per heavy atom. The molecule has 0 saturated heterocycles. The monoisotopic (exact) mass is 346 g/mol. The zero-order chi connectivity index (χ0) is 15.0. The predicted octanol–water partition coefficient (Wildman–Crippen LogP) is 4.71. The van der Waals surface area contributed by atoms with E-state index in [0.29, 0.717) is 20.9 Å². The molecule has 0 amide bonds. The van der Waals surface area contributed by atoms with Crippen molar-refractivity contribution in [3.05, 3.63) is 68.9 Å². The Bertz CT molecular complexity index is 867. The number of rotatable bonds is 2. The normalized spacial score (nSPS) is 10.8. The van der Waals surface area contributed by atoms with Crippen molar-refractivity contribution < 1.29 is 9.31 Å². The molecule has 0 radical (unpaired) electrons. The van der Waals surface area contributed by atoms with Gasteiger partial charge < -0.3 is 0 Å². The van der Waals surface area contributed by atoms with Gasteiger partial charge in [0.15, 0.2) is 0 Å². The van der Waals surface area contributed by atoms with Crippen molar-refractivity contribution in [2.75, 3.05) is 0 Å². The van der Waals surface area contributed by atoms with Crippen LogP contribution in [0.1, 0.15) is 0 Å². The van der Waals surface area contributed by atoms with Gasteiger partial charge in [-0.25, -0.2) is 9.37 Å². The minimum atomic E-state index is -0.482. The molecule has 0 atom stereocenters. The van der Waals surface area contributed by atoms with Crippen LogP contribution in [-0.2, 0) is 0 Å². The molecule has 0 fully saturated rings. The van der Waals surface area contributed by atoms with E-state index in [2.05, 4.69) is 20.9 Å². The second-order valence-corrected chi connectivity index (χ2v) is 5.28. The fraction of sp³-hybridized carbons (Fsp3) is 0. The number of pyridine rings is 1. The molecule has 0 N–H and O–H groups in total. The van der Waals surface area contributed by atoms with E-state index in [1.165, 1.54) is 24.3 Å². The number of fused-ring (bicyclic) bond motifs is 1. The van der Waals surface area contributed by atoms with Crippen molar-refractivity contribution in [2.45, 2.75) is 0 Å². The molecule has 0 aliphatic heterocycles. The first kappa shape index (κ1) is 13.6. The highest BCUT2D eigenvalue weighted by Crippen LogP contribution is 2.35. The van der Waals surface area contributed by atoms with E-state index >= 15 is 0 Å². The first-order valence-electron chi connectivity index (χ1n) is 6.06. The number of para-hydroxylation sites is 1. The smallest absolute Gasteiger partial charge is 0.258 e. The Kier molecular flexibility index (Phi) is 3.39. The van der Waals surface area contributed by atoms with Crippen LogP contribution in [0.2, 0.25) is 0 Å². The molecular formula is C15H8BrFN2O2. The quantitative estimate of drug-likeness (QED) is 0.498. The predicted molar refractivity (Wildman–Crippen MR) is 81.5 cm³/mol. The third-order valence-electron chi connectivity index (χ3n) is 3.09. The number of nitrogens with zero attached hydrogens (tertiary/aromatic N) is 2. The number of benzene rings is 2. The molecule has 0 saturated carbocycles. The van der Waals surface area contributed by atoms with Gasteiger partial charge in [-0.1, -0.05) is 18.2 Å². The molecule has 21 heavy (non-hydrogen) atoms. The van der Waals surface area contributed by atoms with Gasteiger partial charge in [0.05, 0.1) is 10.4 Å². The van der Waals surface area contributed by atoms with Crippen molar-refractivity contribution in [1.29, 1.82) is 0 Å². The molecule has 3 aromatic rings. The summed E-state index contributed by atoms with van der Waals surface area (Å²) in [6.07, 6.45) is 0. The second-order valence-electron chi connectivity index (χ2n) is 4.43. The van der Waals surface area contributed by atoms with E-state index in [1.54, 1.807) is 18.2 Å². The largest absolute Gasteiger partial charge is 0.296 e. The van der Waals surface area contributed by atoms with Crippen LogP contribution in [0.15, 0.2) is 53.0 Å². The van der Waals surface area contributed by atoms with Crippen LogP contribution in [0.3, 0.4) is 0 Å². The van der Waals surface area contributed by atoms with Crippen LogP contribution in [0.4, 0.5) is 10.1 Å². The Labute approximate surface area is 127 Å². The van der Waals surface area contributed by atoms with E-state index in [1.807, 2.05) is 6.07 Å². The van der Waals surface area contributed by atoms with E-state index in [-0.39, 0.29) is 11.4 Å². The fourth-order valence-electron chi connectivity index (χ4n) is 2.12. The molecular weight excluding hydrogens is 339 g/mol. The third kappa shape index (κ3) is 2.50. The van der Waals surface area contributed by atoms with Gasteiger partial charge >= 0.3 is 0 Å². The molecule has 0 aliphatic carbocycles. The van der Waals surface area contributed by atoms with Crippen molar-refractivity contribution in [3.63, 3.8) is 0 Å². The molecule has 104 valence electrons.